The molecule has 0 aliphatic carbocycles. The third kappa shape index (κ3) is 3.41. The number of hydrogen-bond donors (Lipinski definition) is 2. The van der Waals surface area contributed by atoms with Crippen molar-refractivity contribution in [1.29, 1.82) is 0 Å². The summed E-state index contributed by atoms with van der Waals surface area (Å²) >= 11 is 0. The number of amides is 2. The zero-order valence-electron chi connectivity index (χ0n) is 17.7. The number of carbonyl (C=O) groups excluding carboxylic acids is 2. The fourth-order valence-electron chi connectivity index (χ4n) is 4.89. The van der Waals surface area contributed by atoms with E-state index >= 15 is 0 Å². The van der Waals surface area contributed by atoms with Crippen molar-refractivity contribution in [3.8, 4) is 5.75 Å². The van der Waals surface area contributed by atoms with Crippen LogP contribution in [0.5, 0.6) is 5.75 Å². The first-order chi connectivity index (χ1) is 16.1. The van der Waals surface area contributed by atoms with E-state index in [9.17, 15) is 14.4 Å². The van der Waals surface area contributed by atoms with Crippen LogP contribution in [0.15, 0.2) is 53.3 Å². The molecule has 168 valence electrons. The second-order valence-electron chi connectivity index (χ2n) is 8.56. The molecule has 1 saturated heterocycles. The first-order valence-electron chi connectivity index (χ1n) is 10.9. The van der Waals surface area contributed by atoms with Gasteiger partial charge in [0.25, 0.3) is 11.5 Å². The van der Waals surface area contributed by atoms with E-state index in [0.717, 1.165) is 10.9 Å². The number of hydrogen-bond acceptors (Lipinski definition) is 6. The average Bonchev–Trinajstić information content (AvgIpc) is 3.38. The molecule has 6 rings (SSSR count). The molecule has 2 atom stereocenters. The Balaban J connectivity index is 1.10. The maximum Gasteiger partial charge on any atom is 0.414 e. The summed E-state index contributed by atoms with van der Waals surface area (Å²) in [7, 11) is 0. The van der Waals surface area contributed by atoms with Crippen LogP contribution in [0, 0.1) is 0 Å². The molecule has 1 fully saturated rings. The SMILES string of the molecule is O=C1COc2ccc(N3C[C@@H](CNCC4Cn5c(=O)ccc6cccc4c65)OC3=O)cc2N1. The second kappa shape index (κ2) is 7.63. The van der Waals surface area contributed by atoms with Gasteiger partial charge >= 0.3 is 6.09 Å². The lowest BCUT2D eigenvalue weighted by Gasteiger charge is -2.20. The van der Waals surface area contributed by atoms with E-state index in [1.807, 2.05) is 22.8 Å². The molecule has 1 aromatic heterocycles. The van der Waals surface area contributed by atoms with E-state index in [1.165, 1.54) is 5.56 Å². The summed E-state index contributed by atoms with van der Waals surface area (Å²) in [4.78, 5) is 37.9. The highest BCUT2D eigenvalue weighted by Gasteiger charge is 2.33. The molecule has 0 radical (unpaired) electrons. The van der Waals surface area contributed by atoms with Gasteiger partial charge in [-0.25, -0.2) is 4.79 Å². The number of aromatic nitrogens is 1. The lowest BCUT2D eigenvalue weighted by atomic mass is 10.00. The van der Waals surface area contributed by atoms with Crippen molar-refractivity contribution < 1.29 is 19.1 Å². The van der Waals surface area contributed by atoms with E-state index in [0.29, 0.717) is 43.3 Å². The highest BCUT2D eigenvalue weighted by atomic mass is 16.6. The minimum absolute atomic E-state index is 0.0128. The van der Waals surface area contributed by atoms with Gasteiger partial charge in [-0.15, -0.1) is 0 Å². The molecule has 9 heteroatoms. The van der Waals surface area contributed by atoms with Crippen LogP contribution in [0.4, 0.5) is 16.2 Å². The quantitative estimate of drug-likeness (QED) is 0.622. The molecule has 1 unspecified atom stereocenters. The number of pyridine rings is 1. The normalized spacial score (nSPS) is 21.0. The van der Waals surface area contributed by atoms with Gasteiger partial charge in [-0.3, -0.25) is 14.5 Å². The fourth-order valence-corrected chi connectivity index (χ4v) is 4.89. The fraction of sp³-hybridized carbons (Fsp3) is 0.292. The zero-order chi connectivity index (χ0) is 22.5. The van der Waals surface area contributed by atoms with Crippen LogP contribution in [-0.2, 0) is 16.1 Å². The molecule has 0 saturated carbocycles. The number of fused-ring (bicyclic) bond motifs is 1. The van der Waals surface area contributed by atoms with Crippen LogP contribution >= 0.6 is 0 Å². The van der Waals surface area contributed by atoms with Crippen molar-refractivity contribution in [3.63, 3.8) is 0 Å². The second-order valence-corrected chi connectivity index (χ2v) is 8.56. The first kappa shape index (κ1) is 19.8. The summed E-state index contributed by atoms with van der Waals surface area (Å²) in [6, 6.07) is 14.9. The van der Waals surface area contributed by atoms with E-state index in [1.54, 1.807) is 29.2 Å². The number of para-hydroxylation sites is 1. The van der Waals surface area contributed by atoms with Crippen molar-refractivity contribution >= 4 is 34.3 Å². The van der Waals surface area contributed by atoms with Crippen molar-refractivity contribution in [2.75, 3.05) is 36.5 Å². The van der Waals surface area contributed by atoms with Gasteiger partial charge in [0, 0.05) is 37.3 Å². The Morgan fingerprint density at radius 2 is 1.94 bits per heavy atom. The Hall–Kier alpha value is -3.85. The summed E-state index contributed by atoms with van der Waals surface area (Å²) in [5.41, 5.74) is 3.39. The number of nitrogens with one attached hydrogen (secondary N) is 2. The van der Waals surface area contributed by atoms with Crippen LogP contribution in [0.1, 0.15) is 11.5 Å². The van der Waals surface area contributed by atoms with Gasteiger partial charge in [0.15, 0.2) is 6.61 Å². The van der Waals surface area contributed by atoms with Gasteiger partial charge in [-0.05, 0) is 35.2 Å². The average molecular weight is 446 g/mol. The Kier molecular flexibility index (Phi) is 4.58. The molecule has 4 heterocycles. The minimum Gasteiger partial charge on any atom is -0.482 e. The first-order valence-corrected chi connectivity index (χ1v) is 10.9. The van der Waals surface area contributed by atoms with Crippen LogP contribution < -0.4 is 25.8 Å². The van der Waals surface area contributed by atoms with Gasteiger partial charge in [-0.1, -0.05) is 18.2 Å². The highest BCUT2D eigenvalue weighted by Crippen LogP contribution is 2.34. The standard InChI is InChI=1S/C24H22N4O5/c29-21-13-32-20-6-5-16(8-19(20)26-21)27-12-17(33-24(27)31)10-25-9-15-11-28-22(30)7-4-14-2-1-3-18(15)23(14)28/h1-8,15,17,25H,9-13H2,(H,26,29)/t15?,17-/m1/s1. The van der Waals surface area contributed by atoms with Gasteiger partial charge in [-0.2, -0.15) is 0 Å². The molecule has 9 nitrogen and oxygen atoms in total. The number of nitrogens with zero attached hydrogens (tertiary/aromatic N) is 2. The third-order valence-corrected chi connectivity index (χ3v) is 6.43. The Morgan fingerprint density at radius 3 is 2.85 bits per heavy atom. The molecule has 3 aromatic rings. The van der Waals surface area contributed by atoms with Crippen molar-refractivity contribution in [2.45, 2.75) is 18.6 Å². The molecule has 0 spiro atoms. The maximum absolute atomic E-state index is 12.5. The molecule has 2 amide bonds. The minimum atomic E-state index is -0.422. The lowest BCUT2D eigenvalue weighted by molar-refractivity contribution is -0.118. The predicted octanol–water partition coefficient (Wildman–Crippen LogP) is 2.04. The predicted molar refractivity (Wildman–Crippen MR) is 122 cm³/mol. The monoisotopic (exact) mass is 446 g/mol. The number of carbonyl (C=O) groups is 2. The van der Waals surface area contributed by atoms with Crippen molar-refractivity contribution in [1.82, 2.24) is 9.88 Å². The van der Waals surface area contributed by atoms with E-state index in [4.69, 9.17) is 9.47 Å². The van der Waals surface area contributed by atoms with Crippen molar-refractivity contribution in [2.24, 2.45) is 0 Å². The topological polar surface area (TPSA) is 102 Å². The molecular weight excluding hydrogens is 424 g/mol. The van der Waals surface area contributed by atoms with Gasteiger partial charge in [0.2, 0.25) is 0 Å². The summed E-state index contributed by atoms with van der Waals surface area (Å²) in [6.45, 7) is 2.21. The number of ether oxygens (including phenoxy) is 2. The molecule has 33 heavy (non-hydrogen) atoms. The molecule has 3 aliphatic rings. The lowest BCUT2D eigenvalue weighted by Crippen LogP contribution is -2.33. The summed E-state index contributed by atoms with van der Waals surface area (Å²) in [6.07, 6.45) is -0.726. The highest BCUT2D eigenvalue weighted by molar-refractivity contribution is 5.97. The Bertz CT molecular complexity index is 1350. The van der Waals surface area contributed by atoms with Crippen LogP contribution in [0.2, 0.25) is 0 Å². The van der Waals surface area contributed by atoms with Crippen LogP contribution in [0.3, 0.4) is 0 Å². The number of cyclic esters (lactones) is 1. The Labute approximate surface area is 188 Å². The van der Waals surface area contributed by atoms with E-state index in [-0.39, 0.29) is 30.1 Å². The largest absolute Gasteiger partial charge is 0.482 e. The molecule has 3 aliphatic heterocycles. The molecule has 2 N–H and O–H groups in total. The molecule has 0 bridgehead atoms. The number of anilines is 2. The Morgan fingerprint density at radius 1 is 1.03 bits per heavy atom. The van der Waals surface area contributed by atoms with E-state index in [2.05, 4.69) is 16.7 Å². The smallest absolute Gasteiger partial charge is 0.414 e. The van der Waals surface area contributed by atoms with Crippen LogP contribution in [0.25, 0.3) is 10.9 Å². The van der Waals surface area contributed by atoms with Gasteiger partial charge in [0.05, 0.1) is 17.7 Å². The number of benzene rings is 2. The van der Waals surface area contributed by atoms with Gasteiger partial charge in [0.1, 0.15) is 11.9 Å². The third-order valence-electron chi connectivity index (χ3n) is 6.43. The van der Waals surface area contributed by atoms with E-state index < -0.39 is 6.09 Å². The molecular formula is C24H22N4O5. The van der Waals surface area contributed by atoms with Gasteiger partial charge < -0.3 is 24.7 Å². The van der Waals surface area contributed by atoms with Crippen LogP contribution in [-0.4, -0.2) is 48.9 Å². The molecule has 2 aromatic carbocycles. The maximum atomic E-state index is 12.5. The summed E-state index contributed by atoms with van der Waals surface area (Å²) < 4.78 is 12.8. The number of rotatable bonds is 5. The zero-order valence-corrected chi connectivity index (χ0v) is 17.7. The summed E-state index contributed by atoms with van der Waals surface area (Å²) in [5, 5.41) is 7.25. The van der Waals surface area contributed by atoms with Crippen molar-refractivity contribution in [3.05, 3.63) is 64.4 Å². The summed E-state index contributed by atoms with van der Waals surface area (Å²) in [5.74, 6) is 0.537.